The van der Waals surface area contributed by atoms with Crippen LogP contribution in [0.5, 0.6) is 0 Å². The molecule has 4 aromatic rings. The third kappa shape index (κ3) is 3.69. The lowest BCUT2D eigenvalue weighted by molar-refractivity contribution is -0.125. The van der Waals surface area contributed by atoms with Gasteiger partial charge in [0.2, 0.25) is 0 Å². The van der Waals surface area contributed by atoms with E-state index >= 15 is 0 Å². The van der Waals surface area contributed by atoms with Gasteiger partial charge in [0.25, 0.3) is 5.91 Å². The zero-order chi connectivity index (χ0) is 20.5. The van der Waals surface area contributed by atoms with Gasteiger partial charge in [0.15, 0.2) is 6.10 Å². The molecular formula is C24H18N2O3S. The fourth-order valence-electron chi connectivity index (χ4n) is 3.58. The number of amides is 1. The topological polar surface area (TPSA) is 68.3 Å². The van der Waals surface area contributed by atoms with Crippen LogP contribution in [0.2, 0.25) is 0 Å². The minimum absolute atomic E-state index is 0.322. The van der Waals surface area contributed by atoms with Crippen molar-refractivity contribution in [2.45, 2.75) is 18.9 Å². The van der Waals surface area contributed by atoms with E-state index in [0.29, 0.717) is 17.7 Å². The van der Waals surface area contributed by atoms with E-state index in [9.17, 15) is 9.59 Å². The van der Waals surface area contributed by atoms with Crippen LogP contribution >= 0.6 is 11.3 Å². The molecule has 5 rings (SSSR count). The number of anilines is 1. The van der Waals surface area contributed by atoms with Crippen LogP contribution in [-0.2, 0) is 22.4 Å². The number of carbonyl (C=O) groups excluding carboxylic acids is 2. The monoisotopic (exact) mass is 414 g/mol. The molecule has 5 nitrogen and oxygen atoms in total. The highest BCUT2D eigenvalue weighted by Crippen LogP contribution is 2.25. The smallest absolute Gasteiger partial charge is 0.339 e. The van der Waals surface area contributed by atoms with Gasteiger partial charge in [0.1, 0.15) is 0 Å². The van der Waals surface area contributed by atoms with Crippen molar-refractivity contribution in [3.8, 4) is 0 Å². The van der Waals surface area contributed by atoms with Crippen LogP contribution in [0.3, 0.4) is 0 Å². The maximum absolute atomic E-state index is 12.6. The summed E-state index contributed by atoms with van der Waals surface area (Å²) < 4.78 is 6.50. The van der Waals surface area contributed by atoms with Crippen LogP contribution in [0.25, 0.3) is 10.2 Å². The molecule has 30 heavy (non-hydrogen) atoms. The van der Waals surface area contributed by atoms with Gasteiger partial charge in [0, 0.05) is 18.5 Å². The second-order valence-electron chi connectivity index (χ2n) is 7.19. The number of aromatic nitrogens is 1. The normalized spacial score (nSPS) is 15.5. The molecule has 0 bridgehead atoms. The summed E-state index contributed by atoms with van der Waals surface area (Å²) in [7, 11) is 0. The van der Waals surface area contributed by atoms with E-state index in [2.05, 4.69) is 16.4 Å². The lowest BCUT2D eigenvalue weighted by Gasteiger charge is -2.23. The summed E-state index contributed by atoms with van der Waals surface area (Å²) in [5.41, 5.74) is 4.17. The molecule has 148 valence electrons. The largest absolute Gasteiger partial charge is 0.448 e. The van der Waals surface area contributed by atoms with Crippen molar-refractivity contribution in [1.29, 1.82) is 0 Å². The van der Waals surface area contributed by atoms with Gasteiger partial charge in [-0.25, -0.2) is 9.78 Å². The molecule has 0 saturated heterocycles. The highest BCUT2D eigenvalue weighted by molar-refractivity contribution is 7.18. The number of rotatable bonds is 4. The molecule has 0 fully saturated rings. The fraction of sp³-hybridized carbons (Fsp3) is 0.125. The number of hydrogen-bond acceptors (Lipinski definition) is 5. The van der Waals surface area contributed by atoms with Gasteiger partial charge in [-0.1, -0.05) is 42.5 Å². The van der Waals surface area contributed by atoms with Gasteiger partial charge in [-0.2, -0.15) is 0 Å². The SMILES string of the molecule is O=C1O[C@H](C(=O)Nc2ccc(Cc3nc4ccccc4s3)cc2)Cc2ccccc21. The molecule has 1 aromatic heterocycles. The number of nitrogens with one attached hydrogen (secondary N) is 1. The van der Waals surface area contributed by atoms with Gasteiger partial charge < -0.3 is 10.1 Å². The van der Waals surface area contributed by atoms with Crippen LogP contribution in [0.1, 0.15) is 26.5 Å². The number of hydrogen-bond donors (Lipinski definition) is 1. The molecule has 1 aliphatic rings. The molecule has 6 heteroatoms. The third-order valence-corrected chi connectivity index (χ3v) is 6.14. The zero-order valence-corrected chi connectivity index (χ0v) is 16.8. The van der Waals surface area contributed by atoms with Crippen LogP contribution in [0.4, 0.5) is 5.69 Å². The molecule has 0 aliphatic carbocycles. The highest BCUT2D eigenvalue weighted by atomic mass is 32.1. The van der Waals surface area contributed by atoms with Crippen molar-refractivity contribution in [2.75, 3.05) is 5.32 Å². The van der Waals surface area contributed by atoms with Gasteiger partial charge in [0.05, 0.1) is 20.8 Å². The van der Waals surface area contributed by atoms with E-state index < -0.39 is 12.1 Å². The second-order valence-corrected chi connectivity index (χ2v) is 8.31. The summed E-state index contributed by atoms with van der Waals surface area (Å²) in [6.07, 6.45) is 0.295. The summed E-state index contributed by atoms with van der Waals surface area (Å²) in [5, 5.41) is 3.90. The third-order valence-electron chi connectivity index (χ3n) is 5.10. The molecule has 1 amide bonds. The Balaban J connectivity index is 1.25. The number of fused-ring (bicyclic) bond motifs is 2. The van der Waals surface area contributed by atoms with E-state index in [1.807, 2.05) is 54.6 Å². The summed E-state index contributed by atoms with van der Waals surface area (Å²) in [6, 6.07) is 23.0. The van der Waals surface area contributed by atoms with Gasteiger partial charge in [-0.05, 0) is 41.5 Å². The Morgan fingerprint density at radius 1 is 1.03 bits per heavy atom. The predicted molar refractivity (Wildman–Crippen MR) is 117 cm³/mol. The Morgan fingerprint density at radius 3 is 2.63 bits per heavy atom. The first-order valence-electron chi connectivity index (χ1n) is 9.69. The minimum Gasteiger partial charge on any atom is -0.448 e. The molecule has 0 saturated carbocycles. The van der Waals surface area contributed by atoms with Crippen molar-refractivity contribution >= 4 is 39.1 Å². The van der Waals surface area contributed by atoms with Gasteiger partial charge in [-0.3, -0.25) is 4.79 Å². The summed E-state index contributed by atoms with van der Waals surface area (Å²) in [4.78, 5) is 29.4. The average molecular weight is 414 g/mol. The summed E-state index contributed by atoms with van der Waals surface area (Å²) >= 11 is 1.69. The van der Waals surface area contributed by atoms with Gasteiger partial charge >= 0.3 is 5.97 Å². The summed E-state index contributed by atoms with van der Waals surface area (Å²) in [6.45, 7) is 0. The Labute approximate surface area is 177 Å². The molecule has 1 atom stereocenters. The van der Waals surface area contributed by atoms with Crippen molar-refractivity contribution in [2.24, 2.45) is 0 Å². The molecule has 0 unspecified atom stereocenters. The molecule has 1 N–H and O–H groups in total. The van der Waals surface area contributed by atoms with Crippen molar-refractivity contribution in [3.63, 3.8) is 0 Å². The summed E-state index contributed by atoms with van der Waals surface area (Å²) in [5.74, 6) is -0.778. The van der Waals surface area contributed by atoms with E-state index in [1.54, 1.807) is 23.5 Å². The number of para-hydroxylation sites is 1. The van der Waals surface area contributed by atoms with Crippen LogP contribution in [-0.4, -0.2) is 23.0 Å². The molecule has 0 radical (unpaired) electrons. The van der Waals surface area contributed by atoms with E-state index in [1.165, 1.54) is 4.70 Å². The fourth-order valence-corrected chi connectivity index (χ4v) is 4.58. The number of cyclic esters (lactones) is 1. The van der Waals surface area contributed by atoms with E-state index in [4.69, 9.17) is 4.74 Å². The number of carbonyl (C=O) groups is 2. The zero-order valence-electron chi connectivity index (χ0n) is 16.0. The Bertz CT molecular complexity index is 1210. The molecule has 0 spiro atoms. The van der Waals surface area contributed by atoms with E-state index in [0.717, 1.165) is 28.1 Å². The lowest BCUT2D eigenvalue weighted by Crippen LogP contribution is -2.37. The maximum atomic E-state index is 12.6. The predicted octanol–water partition coefficient (Wildman–Crippen LogP) is 4.61. The Kier molecular flexibility index (Phi) is 4.77. The van der Waals surface area contributed by atoms with Gasteiger partial charge in [-0.15, -0.1) is 11.3 Å². The number of thiazole rings is 1. The van der Waals surface area contributed by atoms with Crippen LogP contribution in [0, 0.1) is 0 Å². The number of ether oxygens (including phenoxy) is 1. The van der Waals surface area contributed by atoms with Crippen molar-refractivity contribution in [3.05, 3.63) is 94.5 Å². The van der Waals surface area contributed by atoms with E-state index in [-0.39, 0.29) is 5.91 Å². The number of esters is 1. The first-order valence-corrected chi connectivity index (χ1v) is 10.5. The second kappa shape index (κ2) is 7.72. The number of nitrogens with zero attached hydrogens (tertiary/aromatic N) is 1. The standard InChI is InChI=1S/C24H18N2O3S/c27-23(20-14-16-5-1-2-6-18(16)24(28)29-20)25-17-11-9-15(10-12-17)13-22-26-19-7-3-4-8-21(19)30-22/h1-12,20H,13-14H2,(H,25,27)/t20-/m0/s1. The van der Waals surface area contributed by atoms with Crippen molar-refractivity contribution in [1.82, 2.24) is 4.98 Å². The maximum Gasteiger partial charge on any atom is 0.339 e. The molecule has 2 heterocycles. The number of benzene rings is 3. The Morgan fingerprint density at radius 2 is 1.80 bits per heavy atom. The first kappa shape index (κ1) is 18.5. The first-order chi connectivity index (χ1) is 14.7. The highest BCUT2D eigenvalue weighted by Gasteiger charge is 2.31. The average Bonchev–Trinajstić information content (AvgIpc) is 3.17. The molecule has 1 aliphatic heterocycles. The van der Waals surface area contributed by atoms with Crippen molar-refractivity contribution < 1.29 is 14.3 Å². The van der Waals surface area contributed by atoms with Crippen LogP contribution in [0.15, 0.2) is 72.8 Å². The molecule has 3 aromatic carbocycles. The minimum atomic E-state index is -0.824. The lowest BCUT2D eigenvalue weighted by atomic mass is 9.98. The van der Waals surface area contributed by atoms with Crippen LogP contribution < -0.4 is 5.32 Å². The Hall–Kier alpha value is -3.51. The quantitative estimate of drug-likeness (QED) is 0.495. The molecular weight excluding hydrogens is 396 g/mol.